The van der Waals surface area contributed by atoms with Gasteiger partial charge in [0, 0.05) is 24.9 Å². The first-order valence-electron chi connectivity index (χ1n) is 7.38. The van der Waals surface area contributed by atoms with E-state index < -0.39 is 11.8 Å². The Balaban J connectivity index is 2.01. The van der Waals surface area contributed by atoms with Crippen LogP contribution in [0.3, 0.4) is 0 Å². The maximum absolute atomic E-state index is 12.3. The molecule has 1 aliphatic heterocycles. The number of aliphatic hydroxyl groups excluding tert-OH is 1. The summed E-state index contributed by atoms with van der Waals surface area (Å²) >= 11 is 0. The first kappa shape index (κ1) is 16.0. The van der Waals surface area contributed by atoms with E-state index in [1.165, 1.54) is 0 Å². The number of nitrogens with zero attached hydrogens (tertiary/aromatic N) is 2. The van der Waals surface area contributed by atoms with Crippen molar-refractivity contribution in [2.24, 2.45) is 0 Å². The number of nitriles is 1. The standard InChI is InChI=1S/C16H19N3O3/c17-11-12-4-6-13(7-5-12)18-15(21)16(22)19-9-2-1-3-14(19)8-10-20/h4-7,14,20H,1-3,8-10H2,(H,18,21). The number of aliphatic hydroxyl groups is 1. The molecule has 1 heterocycles. The molecule has 1 saturated heterocycles. The predicted octanol–water partition coefficient (Wildman–Crippen LogP) is 1.26. The van der Waals surface area contributed by atoms with E-state index in [2.05, 4.69) is 5.32 Å². The zero-order valence-electron chi connectivity index (χ0n) is 12.3. The van der Waals surface area contributed by atoms with Gasteiger partial charge in [0.1, 0.15) is 0 Å². The van der Waals surface area contributed by atoms with Crippen molar-refractivity contribution in [1.82, 2.24) is 4.90 Å². The lowest BCUT2D eigenvalue weighted by atomic mass is 9.99. The molecule has 0 radical (unpaired) electrons. The van der Waals surface area contributed by atoms with E-state index in [0.717, 1.165) is 19.3 Å². The molecule has 0 spiro atoms. The van der Waals surface area contributed by atoms with Crippen molar-refractivity contribution in [3.8, 4) is 6.07 Å². The normalized spacial score (nSPS) is 17.6. The molecular formula is C16H19N3O3. The van der Waals surface area contributed by atoms with Gasteiger partial charge >= 0.3 is 11.8 Å². The predicted molar refractivity (Wildman–Crippen MR) is 80.8 cm³/mol. The molecule has 1 aromatic rings. The van der Waals surface area contributed by atoms with Gasteiger partial charge in [-0.1, -0.05) is 0 Å². The third kappa shape index (κ3) is 3.83. The molecule has 1 aromatic carbocycles. The average molecular weight is 301 g/mol. The monoisotopic (exact) mass is 301 g/mol. The highest BCUT2D eigenvalue weighted by Gasteiger charge is 2.30. The van der Waals surface area contributed by atoms with Crippen LogP contribution in [-0.2, 0) is 9.59 Å². The van der Waals surface area contributed by atoms with Gasteiger partial charge in [0.15, 0.2) is 0 Å². The Morgan fingerprint density at radius 3 is 2.68 bits per heavy atom. The lowest BCUT2D eigenvalue weighted by molar-refractivity contribution is -0.146. The Kier molecular flexibility index (Phi) is 5.50. The number of rotatable bonds is 3. The molecule has 1 unspecified atom stereocenters. The van der Waals surface area contributed by atoms with Crippen molar-refractivity contribution in [3.05, 3.63) is 29.8 Å². The summed E-state index contributed by atoms with van der Waals surface area (Å²) in [6, 6.07) is 8.25. The first-order valence-corrected chi connectivity index (χ1v) is 7.38. The van der Waals surface area contributed by atoms with Crippen molar-refractivity contribution >= 4 is 17.5 Å². The van der Waals surface area contributed by atoms with Crippen LogP contribution >= 0.6 is 0 Å². The van der Waals surface area contributed by atoms with Crippen LogP contribution in [0.1, 0.15) is 31.2 Å². The van der Waals surface area contributed by atoms with Gasteiger partial charge in [-0.05, 0) is 49.9 Å². The minimum Gasteiger partial charge on any atom is -0.396 e. The zero-order chi connectivity index (χ0) is 15.9. The number of carbonyl (C=O) groups is 2. The number of benzene rings is 1. The Morgan fingerprint density at radius 2 is 2.05 bits per heavy atom. The molecule has 6 nitrogen and oxygen atoms in total. The third-order valence-electron chi connectivity index (χ3n) is 3.82. The van der Waals surface area contributed by atoms with Crippen LogP contribution in [0.4, 0.5) is 5.69 Å². The maximum atomic E-state index is 12.3. The Morgan fingerprint density at radius 1 is 1.32 bits per heavy atom. The van der Waals surface area contributed by atoms with Gasteiger partial charge in [0.25, 0.3) is 0 Å². The molecular weight excluding hydrogens is 282 g/mol. The Hall–Kier alpha value is -2.39. The van der Waals surface area contributed by atoms with Gasteiger partial charge in [0.05, 0.1) is 11.6 Å². The van der Waals surface area contributed by atoms with Crippen LogP contribution in [0.15, 0.2) is 24.3 Å². The fourth-order valence-electron chi connectivity index (χ4n) is 2.66. The fraction of sp³-hybridized carbons (Fsp3) is 0.438. The SMILES string of the molecule is N#Cc1ccc(NC(=O)C(=O)N2CCCCC2CCO)cc1. The van der Waals surface area contributed by atoms with Gasteiger partial charge in [-0.25, -0.2) is 0 Å². The van der Waals surface area contributed by atoms with Crippen molar-refractivity contribution in [1.29, 1.82) is 5.26 Å². The minimum absolute atomic E-state index is 0.00564. The maximum Gasteiger partial charge on any atom is 0.313 e. The van der Waals surface area contributed by atoms with Crippen molar-refractivity contribution in [3.63, 3.8) is 0 Å². The molecule has 1 atom stereocenters. The Labute approximate surface area is 129 Å². The van der Waals surface area contributed by atoms with Crippen LogP contribution in [0.2, 0.25) is 0 Å². The van der Waals surface area contributed by atoms with E-state index in [1.54, 1.807) is 29.2 Å². The average Bonchev–Trinajstić information content (AvgIpc) is 2.55. The van der Waals surface area contributed by atoms with Crippen LogP contribution in [-0.4, -0.2) is 41.0 Å². The molecule has 1 fully saturated rings. The summed E-state index contributed by atoms with van der Waals surface area (Å²) < 4.78 is 0. The van der Waals surface area contributed by atoms with Gasteiger partial charge < -0.3 is 15.3 Å². The molecule has 2 amide bonds. The lowest BCUT2D eigenvalue weighted by Crippen LogP contribution is -2.48. The first-order chi connectivity index (χ1) is 10.7. The summed E-state index contributed by atoms with van der Waals surface area (Å²) in [5.41, 5.74) is 0.969. The van der Waals surface area contributed by atoms with E-state index in [-0.39, 0.29) is 12.6 Å². The van der Waals surface area contributed by atoms with Crippen LogP contribution in [0.5, 0.6) is 0 Å². The minimum atomic E-state index is -0.686. The zero-order valence-corrected chi connectivity index (χ0v) is 12.3. The van der Waals surface area contributed by atoms with E-state index in [1.807, 2.05) is 6.07 Å². The number of hydrogen-bond acceptors (Lipinski definition) is 4. The highest BCUT2D eigenvalue weighted by atomic mass is 16.3. The second-order valence-electron chi connectivity index (χ2n) is 5.30. The van der Waals surface area contributed by atoms with Crippen LogP contribution < -0.4 is 5.32 Å². The molecule has 0 saturated carbocycles. The van der Waals surface area contributed by atoms with E-state index in [9.17, 15) is 9.59 Å². The van der Waals surface area contributed by atoms with Crippen molar-refractivity contribution in [2.75, 3.05) is 18.5 Å². The highest BCUT2D eigenvalue weighted by molar-refractivity contribution is 6.39. The smallest absolute Gasteiger partial charge is 0.313 e. The van der Waals surface area contributed by atoms with Gasteiger partial charge in [-0.15, -0.1) is 0 Å². The van der Waals surface area contributed by atoms with E-state index in [0.29, 0.717) is 24.2 Å². The number of carbonyl (C=O) groups excluding carboxylic acids is 2. The Bertz CT molecular complexity index is 575. The molecule has 116 valence electrons. The lowest BCUT2D eigenvalue weighted by Gasteiger charge is -2.35. The van der Waals surface area contributed by atoms with Gasteiger partial charge in [-0.2, -0.15) is 5.26 Å². The summed E-state index contributed by atoms with van der Waals surface area (Å²) in [4.78, 5) is 25.9. The van der Waals surface area contributed by atoms with Gasteiger partial charge in [-0.3, -0.25) is 9.59 Å². The van der Waals surface area contributed by atoms with Crippen molar-refractivity contribution in [2.45, 2.75) is 31.7 Å². The molecule has 2 N–H and O–H groups in total. The van der Waals surface area contributed by atoms with E-state index >= 15 is 0 Å². The second kappa shape index (κ2) is 7.57. The molecule has 0 bridgehead atoms. The number of likely N-dealkylation sites (tertiary alicyclic amines) is 1. The number of amides is 2. The largest absolute Gasteiger partial charge is 0.396 e. The second-order valence-corrected chi connectivity index (χ2v) is 5.30. The summed E-state index contributed by atoms with van der Waals surface area (Å²) in [5.74, 6) is -1.25. The van der Waals surface area contributed by atoms with Crippen LogP contribution in [0, 0.1) is 11.3 Å². The molecule has 1 aliphatic rings. The number of piperidine rings is 1. The quantitative estimate of drug-likeness (QED) is 0.822. The number of nitrogens with one attached hydrogen (secondary N) is 1. The number of hydrogen-bond donors (Lipinski definition) is 2. The summed E-state index contributed by atoms with van der Waals surface area (Å²) in [6.45, 7) is 0.552. The summed E-state index contributed by atoms with van der Waals surface area (Å²) in [6.07, 6.45) is 3.19. The molecule has 2 rings (SSSR count). The van der Waals surface area contributed by atoms with Gasteiger partial charge in [0.2, 0.25) is 0 Å². The molecule has 0 aliphatic carbocycles. The van der Waals surface area contributed by atoms with E-state index in [4.69, 9.17) is 10.4 Å². The molecule has 0 aromatic heterocycles. The van der Waals surface area contributed by atoms with Crippen LogP contribution in [0.25, 0.3) is 0 Å². The van der Waals surface area contributed by atoms with Crippen molar-refractivity contribution < 1.29 is 14.7 Å². The molecule has 6 heteroatoms. The topological polar surface area (TPSA) is 93.4 Å². The third-order valence-corrected chi connectivity index (χ3v) is 3.82. The highest BCUT2D eigenvalue weighted by Crippen LogP contribution is 2.20. The molecule has 22 heavy (non-hydrogen) atoms. The fourth-order valence-corrected chi connectivity index (χ4v) is 2.66. The summed E-state index contributed by atoms with van der Waals surface area (Å²) in [7, 11) is 0. The number of anilines is 1. The summed E-state index contributed by atoms with van der Waals surface area (Å²) in [5, 5.41) is 20.4.